The van der Waals surface area contributed by atoms with Crippen LogP contribution in [0.1, 0.15) is 22.9 Å². The third-order valence-electron chi connectivity index (χ3n) is 3.11. The molecular formula is C15H14N2O. The molecule has 2 heterocycles. The van der Waals surface area contributed by atoms with Crippen molar-refractivity contribution in [2.45, 2.75) is 13.0 Å². The van der Waals surface area contributed by atoms with E-state index in [1.165, 1.54) is 0 Å². The molecule has 0 aliphatic heterocycles. The zero-order valence-electron chi connectivity index (χ0n) is 10.1. The van der Waals surface area contributed by atoms with Gasteiger partial charge in [0.05, 0.1) is 24.1 Å². The van der Waals surface area contributed by atoms with Gasteiger partial charge in [-0.2, -0.15) is 0 Å². The van der Waals surface area contributed by atoms with Crippen molar-refractivity contribution in [2.24, 2.45) is 5.73 Å². The number of aromatic nitrogens is 1. The minimum atomic E-state index is -0.158. The molecule has 0 aliphatic carbocycles. The van der Waals surface area contributed by atoms with Gasteiger partial charge < -0.3 is 10.2 Å². The molecule has 3 aromatic rings. The number of hydrogen-bond donors (Lipinski definition) is 1. The lowest BCUT2D eigenvalue weighted by molar-refractivity contribution is 0.562. The maximum atomic E-state index is 6.20. The Morgan fingerprint density at radius 1 is 1.11 bits per heavy atom. The maximum Gasteiger partial charge on any atom is 0.0953 e. The summed E-state index contributed by atoms with van der Waals surface area (Å²) < 4.78 is 5.07. The first-order chi connectivity index (χ1) is 8.74. The highest BCUT2D eigenvalue weighted by Gasteiger charge is 2.10. The van der Waals surface area contributed by atoms with Gasteiger partial charge >= 0.3 is 0 Å². The fourth-order valence-electron chi connectivity index (χ4n) is 2.08. The lowest BCUT2D eigenvalue weighted by Crippen LogP contribution is -2.10. The van der Waals surface area contributed by atoms with Gasteiger partial charge in [0.1, 0.15) is 0 Å². The van der Waals surface area contributed by atoms with Gasteiger partial charge in [-0.05, 0) is 36.8 Å². The van der Waals surface area contributed by atoms with Crippen LogP contribution in [-0.2, 0) is 0 Å². The average molecular weight is 238 g/mol. The number of pyridine rings is 1. The predicted molar refractivity (Wildman–Crippen MR) is 71.2 cm³/mol. The second-order valence-electron chi connectivity index (χ2n) is 4.44. The highest BCUT2D eigenvalue weighted by molar-refractivity contribution is 5.79. The molecule has 3 nitrogen and oxygen atoms in total. The molecule has 90 valence electrons. The largest absolute Gasteiger partial charge is 0.472 e. The second-order valence-corrected chi connectivity index (χ2v) is 4.44. The Morgan fingerprint density at radius 2 is 2.00 bits per heavy atom. The molecule has 3 rings (SSSR count). The Hall–Kier alpha value is -2.13. The molecule has 3 heteroatoms. The molecule has 0 spiro atoms. The van der Waals surface area contributed by atoms with Gasteiger partial charge in [0.2, 0.25) is 0 Å². The van der Waals surface area contributed by atoms with Crippen LogP contribution >= 0.6 is 0 Å². The molecule has 0 amide bonds. The van der Waals surface area contributed by atoms with Crippen molar-refractivity contribution in [1.29, 1.82) is 0 Å². The van der Waals surface area contributed by atoms with E-state index in [0.29, 0.717) is 0 Å². The van der Waals surface area contributed by atoms with E-state index in [0.717, 1.165) is 27.7 Å². The molecule has 2 aromatic heterocycles. The van der Waals surface area contributed by atoms with Crippen LogP contribution in [0.25, 0.3) is 10.9 Å². The molecule has 0 radical (unpaired) electrons. The van der Waals surface area contributed by atoms with Crippen LogP contribution in [-0.4, -0.2) is 4.98 Å². The third kappa shape index (κ3) is 1.89. The Labute approximate surface area is 105 Å². The van der Waals surface area contributed by atoms with Crippen LogP contribution < -0.4 is 5.73 Å². The molecule has 1 atom stereocenters. The number of nitrogens with two attached hydrogens (primary N) is 1. The summed E-state index contributed by atoms with van der Waals surface area (Å²) in [6, 6.07) is 11.9. The van der Waals surface area contributed by atoms with Gasteiger partial charge in [0.15, 0.2) is 0 Å². The van der Waals surface area contributed by atoms with E-state index in [4.69, 9.17) is 10.2 Å². The van der Waals surface area contributed by atoms with Crippen molar-refractivity contribution in [3.8, 4) is 0 Å². The van der Waals surface area contributed by atoms with Gasteiger partial charge in [-0.3, -0.25) is 4.98 Å². The SMILES string of the molecule is Cc1ccc2cc(C(N)c3ccoc3)ccc2n1. The number of benzene rings is 1. The van der Waals surface area contributed by atoms with E-state index in [2.05, 4.69) is 17.1 Å². The van der Waals surface area contributed by atoms with Gasteiger partial charge in [-0.25, -0.2) is 0 Å². The zero-order chi connectivity index (χ0) is 12.5. The fraction of sp³-hybridized carbons (Fsp3) is 0.133. The van der Waals surface area contributed by atoms with Crippen LogP contribution in [0.5, 0.6) is 0 Å². The Bertz CT molecular complexity index is 674. The van der Waals surface area contributed by atoms with Gasteiger partial charge in [0, 0.05) is 16.6 Å². The summed E-state index contributed by atoms with van der Waals surface area (Å²) in [5, 5.41) is 1.11. The van der Waals surface area contributed by atoms with E-state index in [-0.39, 0.29) is 6.04 Å². The molecular weight excluding hydrogens is 224 g/mol. The fourth-order valence-corrected chi connectivity index (χ4v) is 2.08. The van der Waals surface area contributed by atoms with Crippen molar-refractivity contribution in [3.63, 3.8) is 0 Å². The smallest absolute Gasteiger partial charge is 0.0953 e. The van der Waals surface area contributed by atoms with Gasteiger partial charge in [-0.1, -0.05) is 12.1 Å². The normalized spacial score (nSPS) is 12.8. The summed E-state index contributed by atoms with van der Waals surface area (Å²) in [6.07, 6.45) is 3.32. The van der Waals surface area contributed by atoms with E-state index in [1.54, 1.807) is 12.5 Å². The average Bonchev–Trinajstić information content (AvgIpc) is 2.91. The highest BCUT2D eigenvalue weighted by atomic mass is 16.3. The summed E-state index contributed by atoms with van der Waals surface area (Å²) in [7, 11) is 0. The molecule has 0 aliphatic rings. The first-order valence-electron chi connectivity index (χ1n) is 5.89. The molecule has 0 fully saturated rings. The molecule has 2 N–H and O–H groups in total. The monoisotopic (exact) mass is 238 g/mol. The number of furan rings is 1. The highest BCUT2D eigenvalue weighted by Crippen LogP contribution is 2.23. The Morgan fingerprint density at radius 3 is 2.78 bits per heavy atom. The molecule has 18 heavy (non-hydrogen) atoms. The van der Waals surface area contributed by atoms with Crippen molar-refractivity contribution in [3.05, 3.63) is 65.7 Å². The number of fused-ring (bicyclic) bond motifs is 1. The topological polar surface area (TPSA) is 52.0 Å². The van der Waals surface area contributed by atoms with Gasteiger partial charge in [-0.15, -0.1) is 0 Å². The summed E-state index contributed by atoms with van der Waals surface area (Å²) >= 11 is 0. The summed E-state index contributed by atoms with van der Waals surface area (Å²) in [4.78, 5) is 4.48. The van der Waals surface area contributed by atoms with Crippen LogP contribution in [0.3, 0.4) is 0 Å². The van der Waals surface area contributed by atoms with E-state index < -0.39 is 0 Å². The summed E-state index contributed by atoms with van der Waals surface area (Å²) in [5.41, 5.74) is 10.3. The van der Waals surface area contributed by atoms with E-state index in [9.17, 15) is 0 Å². The lowest BCUT2D eigenvalue weighted by Gasteiger charge is -2.10. The molecule has 0 saturated carbocycles. The van der Waals surface area contributed by atoms with E-state index in [1.807, 2.05) is 31.2 Å². The second kappa shape index (κ2) is 4.27. The third-order valence-corrected chi connectivity index (χ3v) is 3.11. The number of rotatable bonds is 2. The number of hydrogen-bond acceptors (Lipinski definition) is 3. The quantitative estimate of drug-likeness (QED) is 0.746. The summed E-state index contributed by atoms with van der Waals surface area (Å²) in [5.74, 6) is 0. The first-order valence-corrected chi connectivity index (χ1v) is 5.89. The molecule has 1 aromatic carbocycles. The zero-order valence-corrected chi connectivity index (χ0v) is 10.1. The number of aryl methyl sites for hydroxylation is 1. The van der Waals surface area contributed by atoms with Gasteiger partial charge in [0.25, 0.3) is 0 Å². The maximum absolute atomic E-state index is 6.20. The Balaban J connectivity index is 2.06. The predicted octanol–water partition coefficient (Wildman–Crippen LogP) is 3.18. The van der Waals surface area contributed by atoms with E-state index >= 15 is 0 Å². The van der Waals surface area contributed by atoms with Crippen molar-refractivity contribution >= 4 is 10.9 Å². The summed E-state index contributed by atoms with van der Waals surface area (Å²) in [6.45, 7) is 1.99. The lowest BCUT2D eigenvalue weighted by atomic mass is 10.0. The van der Waals surface area contributed by atoms with Crippen LogP contribution in [0.2, 0.25) is 0 Å². The van der Waals surface area contributed by atoms with Crippen LogP contribution in [0.4, 0.5) is 0 Å². The Kier molecular flexibility index (Phi) is 2.61. The van der Waals surface area contributed by atoms with Crippen LogP contribution in [0, 0.1) is 6.92 Å². The minimum absolute atomic E-state index is 0.158. The molecule has 0 saturated heterocycles. The molecule has 0 bridgehead atoms. The van der Waals surface area contributed by atoms with Crippen molar-refractivity contribution in [2.75, 3.05) is 0 Å². The number of nitrogens with zero attached hydrogens (tertiary/aromatic N) is 1. The van der Waals surface area contributed by atoms with Crippen LogP contribution in [0.15, 0.2) is 53.3 Å². The minimum Gasteiger partial charge on any atom is -0.472 e. The van der Waals surface area contributed by atoms with Crippen molar-refractivity contribution in [1.82, 2.24) is 4.98 Å². The van der Waals surface area contributed by atoms with Crippen molar-refractivity contribution < 1.29 is 4.42 Å². The first kappa shape index (κ1) is 11.0. The standard InChI is InChI=1S/C15H14N2O/c1-10-2-3-11-8-12(4-5-14(11)17-10)15(16)13-6-7-18-9-13/h2-9,15H,16H2,1H3. The molecule has 1 unspecified atom stereocenters.